The Hall–Kier alpha value is -1.36. The van der Waals surface area contributed by atoms with Gasteiger partial charge in [-0.3, -0.25) is 4.79 Å². The molecule has 1 rings (SSSR count). The molecule has 1 aromatic heterocycles. The van der Waals surface area contributed by atoms with Gasteiger partial charge in [-0.05, 0) is 31.7 Å². The van der Waals surface area contributed by atoms with Gasteiger partial charge in [0.1, 0.15) is 5.00 Å². The lowest BCUT2D eigenvalue weighted by atomic mass is 10.0. The highest BCUT2D eigenvalue weighted by molar-refractivity contribution is 7.16. The van der Waals surface area contributed by atoms with E-state index in [9.17, 15) is 9.59 Å². The number of amides is 1. The van der Waals surface area contributed by atoms with E-state index in [0.29, 0.717) is 10.6 Å². The quantitative estimate of drug-likeness (QED) is 0.813. The van der Waals surface area contributed by atoms with Crippen molar-refractivity contribution < 1.29 is 14.3 Å². The number of esters is 1. The number of ether oxygens (including phenoxy) is 1. The predicted octanol–water partition coefficient (Wildman–Crippen LogP) is 3.78. The Morgan fingerprint density at radius 1 is 1.25 bits per heavy atom. The van der Waals surface area contributed by atoms with Crippen molar-refractivity contribution >= 4 is 28.2 Å². The first-order chi connectivity index (χ1) is 9.49. The molecule has 0 aliphatic rings. The maximum atomic E-state index is 12.2. The molecule has 0 aromatic carbocycles. The molecule has 0 radical (unpaired) electrons. The van der Waals surface area contributed by atoms with Crippen molar-refractivity contribution in [1.82, 2.24) is 0 Å². The summed E-state index contributed by atoms with van der Waals surface area (Å²) in [6.07, 6.45) is 2.33. The van der Waals surface area contributed by atoms with Gasteiger partial charge >= 0.3 is 5.97 Å². The Labute approximate surface area is 124 Å². The van der Waals surface area contributed by atoms with Crippen LogP contribution in [-0.2, 0) is 16.0 Å². The van der Waals surface area contributed by atoms with Crippen molar-refractivity contribution in [2.45, 2.75) is 47.0 Å². The van der Waals surface area contributed by atoms with Gasteiger partial charge in [0.25, 0.3) is 0 Å². The monoisotopic (exact) mass is 297 g/mol. The van der Waals surface area contributed by atoms with E-state index in [1.165, 1.54) is 18.4 Å². The molecule has 0 saturated heterocycles. The summed E-state index contributed by atoms with van der Waals surface area (Å²) in [5.74, 6) is -0.428. The molecule has 1 aromatic rings. The summed E-state index contributed by atoms with van der Waals surface area (Å²) in [7, 11) is 1.36. The molecule has 1 amide bonds. The minimum absolute atomic E-state index is 0.0204. The predicted molar refractivity (Wildman–Crippen MR) is 82.5 cm³/mol. The molecule has 20 heavy (non-hydrogen) atoms. The Balaban J connectivity index is 3.12. The molecule has 0 spiro atoms. The maximum Gasteiger partial charge on any atom is 0.341 e. The van der Waals surface area contributed by atoms with Crippen molar-refractivity contribution in [3.05, 3.63) is 16.0 Å². The molecule has 0 unspecified atom stereocenters. The third-order valence-corrected chi connectivity index (χ3v) is 4.61. The second-order valence-corrected chi connectivity index (χ2v) is 5.91. The lowest BCUT2D eigenvalue weighted by molar-refractivity contribution is -0.120. The molecule has 0 bridgehead atoms. The fourth-order valence-corrected chi connectivity index (χ4v) is 3.42. The molecule has 5 heteroatoms. The zero-order valence-electron chi connectivity index (χ0n) is 12.8. The van der Waals surface area contributed by atoms with E-state index in [1.807, 2.05) is 27.7 Å². The van der Waals surface area contributed by atoms with Crippen molar-refractivity contribution in [1.29, 1.82) is 0 Å². The fourth-order valence-electron chi connectivity index (χ4n) is 2.28. The van der Waals surface area contributed by atoms with Gasteiger partial charge in [0.2, 0.25) is 5.91 Å². The number of anilines is 1. The highest BCUT2D eigenvalue weighted by Gasteiger charge is 2.24. The minimum atomic E-state index is -0.383. The van der Waals surface area contributed by atoms with Gasteiger partial charge in [0.15, 0.2) is 0 Å². The van der Waals surface area contributed by atoms with Crippen molar-refractivity contribution in [2.24, 2.45) is 5.92 Å². The van der Waals surface area contributed by atoms with Crippen LogP contribution in [-0.4, -0.2) is 19.0 Å². The van der Waals surface area contributed by atoms with Crippen molar-refractivity contribution in [3.63, 3.8) is 0 Å². The van der Waals surface area contributed by atoms with E-state index in [4.69, 9.17) is 4.74 Å². The van der Waals surface area contributed by atoms with Crippen molar-refractivity contribution in [3.8, 4) is 0 Å². The smallest absolute Gasteiger partial charge is 0.341 e. The molecule has 0 atom stereocenters. The first-order valence-electron chi connectivity index (χ1n) is 7.01. The highest BCUT2D eigenvalue weighted by atomic mass is 32.1. The van der Waals surface area contributed by atoms with Crippen LogP contribution in [0.3, 0.4) is 0 Å². The van der Waals surface area contributed by atoms with Gasteiger partial charge in [-0.25, -0.2) is 4.79 Å². The van der Waals surface area contributed by atoms with E-state index < -0.39 is 0 Å². The van der Waals surface area contributed by atoms with Crippen LogP contribution >= 0.6 is 11.3 Å². The zero-order chi connectivity index (χ0) is 15.3. The van der Waals surface area contributed by atoms with Gasteiger partial charge in [-0.2, -0.15) is 0 Å². The molecule has 0 aliphatic heterocycles. The summed E-state index contributed by atoms with van der Waals surface area (Å²) in [5.41, 5.74) is 1.47. The Kier molecular flexibility index (Phi) is 6.20. The van der Waals surface area contributed by atoms with Gasteiger partial charge in [-0.15, -0.1) is 11.3 Å². The summed E-state index contributed by atoms with van der Waals surface area (Å²) >= 11 is 1.44. The second-order valence-electron chi connectivity index (χ2n) is 4.69. The Morgan fingerprint density at radius 2 is 1.85 bits per heavy atom. The Morgan fingerprint density at radius 3 is 2.30 bits per heavy atom. The molecule has 112 valence electrons. The van der Waals surface area contributed by atoms with E-state index in [1.54, 1.807) is 0 Å². The molecule has 0 fully saturated rings. The van der Waals surface area contributed by atoms with Crippen LogP contribution in [0.5, 0.6) is 0 Å². The molecule has 0 saturated carbocycles. The van der Waals surface area contributed by atoms with E-state index in [2.05, 4.69) is 5.32 Å². The number of aryl methyl sites for hydroxylation is 1. The molecule has 4 nitrogen and oxygen atoms in total. The van der Waals surface area contributed by atoms with Crippen LogP contribution in [0, 0.1) is 12.8 Å². The van der Waals surface area contributed by atoms with Crippen LogP contribution < -0.4 is 5.32 Å². The summed E-state index contributed by atoms with van der Waals surface area (Å²) in [6.45, 7) is 7.94. The second kappa shape index (κ2) is 7.43. The normalized spacial score (nSPS) is 10.7. The lowest BCUT2D eigenvalue weighted by Crippen LogP contribution is -2.22. The topological polar surface area (TPSA) is 55.4 Å². The number of carbonyl (C=O) groups is 2. The number of hydrogen-bond acceptors (Lipinski definition) is 4. The standard InChI is InChI=1S/C15H23NO3S/c1-6-10(7-2)13(17)16-14-12(15(18)19-5)11(8-3)9(4)20-14/h10H,6-8H2,1-5H3,(H,16,17). The average Bonchev–Trinajstić information content (AvgIpc) is 2.74. The minimum Gasteiger partial charge on any atom is -0.465 e. The molecular formula is C15H23NO3S. The summed E-state index contributed by atoms with van der Waals surface area (Å²) < 4.78 is 4.84. The molecule has 1 N–H and O–H groups in total. The van der Waals surface area contributed by atoms with Crippen LogP contribution in [0.25, 0.3) is 0 Å². The number of methoxy groups -OCH3 is 1. The lowest BCUT2D eigenvalue weighted by Gasteiger charge is -2.12. The van der Waals surface area contributed by atoms with Crippen LogP contribution in [0.4, 0.5) is 5.00 Å². The van der Waals surface area contributed by atoms with E-state index >= 15 is 0 Å². The summed E-state index contributed by atoms with van der Waals surface area (Å²) in [5, 5.41) is 3.52. The maximum absolute atomic E-state index is 12.2. The Bertz CT molecular complexity index is 490. The number of nitrogens with one attached hydrogen (secondary N) is 1. The first-order valence-corrected chi connectivity index (χ1v) is 7.83. The fraction of sp³-hybridized carbons (Fsp3) is 0.600. The molecule has 0 aliphatic carbocycles. The largest absolute Gasteiger partial charge is 0.465 e. The van der Waals surface area contributed by atoms with E-state index in [0.717, 1.165) is 29.7 Å². The molecule has 1 heterocycles. The number of carbonyl (C=O) groups excluding carboxylic acids is 2. The van der Waals surface area contributed by atoms with Gasteiger partial charge in [0.05, 0.1) is 12.7 Å². The van der Waals surface area contributed by atoms with Gasteiger partial charge in [0, 0.05) is 10.8 Å². The number of thiophene rings is 1. The van der Waals surface area contributed by atoms with Gasteiger partial charge in [-0.1, -0.05) is 20.8 Å². The summed E-state index contributed by atoms with van der Waals surface area (Å²) in [6, 6.07) is 0. The van der Waals surface area contributed by atoms with Crippen LogP contribution in [0.15, 0.2) is 0 Å². The highest BCUT2D eigenvalue weighted by Crippen LogP contribution is 2.34. The number of hydrogen-bond donors (Lipinski definition) is 1. The van der Waals surface area contributed by atoms with Crippen LogP contribution in [0.1, 0.15) is 54.4 Å². The van der Waals surface area contributed by atoms with Gasteiger partial charge < -0.3 is 10.1 Å². The average molecular weight is 297 g/mol. The zero-order valence-corrected chi connectivity index (χ0v) is 13.6. The van der Waals surface area contributed by atoms with Crippen LogP contribution in [0.2, 0.25) is 0 Å². The third kappa shape index (κ3) is 3.39. The summed E-state index contributed by atoms with van der Waals surface area (Å²) in [4.78, 5) is 25.2. The number of rotatable bonds is 6. The molecular weight excluding hydrogens is 274 g/mol. The SMILES string of the molecule is CCc1c(C)sc(NC(=O)C(CC)CC)c1C(=O)OC. The van der Waals surface area contributed by atoms with Crippen molar-refractivity contribution in [2.75, 3.05) is 12.4 Å². The third-order valence-electron chi connectivity index (χ3n) is 3.55. The van der Waals surface area contributed by atoms with E-state index in [-0.39, 0.29) is 17.8 Å². The first kappa shape index (κ1) is 16.7.